The SMILES string of the molecule is O=C(O)c1c(C(Br)(Br)Br)cc(Br)c(Br)c1Br.O=C(O)c1c(C(Cl)(Cl)Cl)cc(Cl)c(Cl)c1Cl. The minimum absolute atomic E-state index is 0.0120. The Balaban J connectivity index is 0.000000320. The van der Waals surface area contributed by atoms with E-state index in [-0.39, 0.29) is 31.8 Å². The summed E-state index contributed by atoms with van der Waals surface area (Å²) >= 11 is 53.8. The number of hydrogen-bond donors (Lipinski definition) is 2. The summed E-state index contributed by atoms with van der Waals surface area (Å²) in [6.45, 7) is 0. The lowest BCUT2D eigenvalue weighted by atomic mass is 10.1. The molecule has 0 aliphatic carbocycles. The number of halogens is 12. The van der Waals surface area contributed by atoms with Gasteiger partial charge in [0, 0.05) is 24.5 Å². The molecule has 0 atom stereocenters. The number of benzene rings is 2. The third-order valence-electron chi connectivity index (χ3n) is 3.36. The summed E-state index contributed by atoms with van der Waals surface area (Å²) in [6, 6.07) is 2.86. The van der Waals surface area contributed by atoms with E-state index < -0.39 is 17.9 Å². The van der Waals surface area contributed by atoms with Crippen LogP contribution in [0.25, 0.3) is 0 Å². The van der Waals surface area contributed by atoms with E-state index in [1.165, 1.54) is 0 Å². The molecule has 0 amide bonds. The Labute approximate surface area is 262 Å². The van der Waals surface area contributed by atoms with Gasteiger partial charge < -0.3 is 10.2 Å². The van der Waals surface area contributed by atoms with Gasteiger partial charge >= 0.3 is 11.9 Å². The van der Waals surface area contributed by atoms with Crippen molar-refractivity contribution in [2.45, 2.75) is 5.94 Å². The van der Waals surface area contributed by atoms with Crippen molar-refractivity contribution in [3.63, 3.8) is 0 Å². The van der Waals surface area contributed by atoms with Gasteiger partial charge in [-0.1, -0.05) is 117 Å². The van der Waals surface area contributed by atoms with Gasteiger partial charge in [-0.05, 0) is 59.9 Å². The molecule has 2 aromatic rings. The zero-order valence-corrected chi connectivity index (χ0v) is 28.5. The molecule has 4 nitrogen and oxygen atoms in total. The molecular weight excluding hydrogens is 948 g/mol. The number of alkyl halides is 6. The van der Waals surface area contributed by atoms with Crippen LogP contribution in [0.15, 0.2) is 25.6 Å². The molecule has 2 rings (SSSR count). The highest BCUT2D eigenvalue weighted by molar-refractivity contribution is 9.38. The summed E-state index contributed by atoms with van der Waals surface area (Å²) in [5.74, 6) is -2.37. The van der Waals surface area contributed by atoms with Crippen LogP contribution in [0, 0.1) is 0 Å². The Morgan fingerprint density at radius 2 is 1.22 bits per heavy atom. The maximum Gasteiger partial charge on any atom is 0.337 e. The molecule has 0 bridgehead atoms. The molecule has 16 heteroatoms. The van der Waals surface area contributed by atoms with Gasteiger partial charge in [0.1, 0.15) is 0 Å². The summed E-state index contributed by atoms with van der Waals surface area (Å²) in [5, 5.41) is 17.8. The van der Waals surface area contributed by atoms with Crippen LogP contribution < -0.4 is 0 Å². The topological polar surface area (TPSA) is 74.6 Å². The Morgan fingerprint density at radius 1 is 0.750 bits per heavy atom. The number of rotatable bonds is 2. The number of carbonyl (C=O) groups is 2. The van der Waals surface area contributed by atoms with Crippen LogP contribution >= 0.6 is 165 Å². The number of aromatic carboxylic acids is 2. The van der Waals surface area contributed by atoms with E-state index in [9.17, 15) is 14.7 Å². The van der Waals surface area contributed by atoms with Gasteiger partial charge in [0.2, 0.25) is 3.79 Å². The quantitative estimate of drug-likeness (QED) is 0.232. The standard InChI is InChI=1S/C8H2Br6O2.C8H2Cl6O2/c2*9-3-1-2(8(12,13)14)4(7(15)16)6(11)5(3)10/h2*1H,(H,15,16). The van der Waals surface area contributed by atoms with E-state index in [0.29, 0.717) is 14.5 Å². The van der Waals surface area contributed by atoms with Crippen molar-refractivity contribution in [1.29, 1.82) is 0 Å². The zero-order valence-electron chi connectivity index (χ0n) is 14.4. The average molecular weight is 952 g/mol. The van der Waals surface area contributed by atoms with Crippen molar-refractivity contribution >= 4 is 177 Å². The number of hydrogen-bond acceptors (Lipinski definition) is 2. The van der Waals surface area contributed by atoms with Crippen LogP contribution in [-0.2, 0) is 5.94 Å². The average Bonchev–Trinajstić information content (AvgIpc) is 2.61. The van der Waals surface area contributed by atoms with Gasteiger partial charge in [-0.2, -0.15) is 0 Å². The summed E-state index contributed by atoms with van der Waals surface area (Å²) in [6.07, 6.45) is 0. The predicted octanol–water partition coefficient (Wildman–Crippen LogP) is 11.1. The first kappa shape index (κ1) is 32.0. The van der Waals surface area contributed by atoms with Gasteiger partial charge in [0.15, 0.2) is 2.14 Å². The summed E-state index contributed by atoms with van der Waals surface area (Å²) in [4.78, 5) is 22.2. The highest BCUT2D eigenvalue weighted by Gasteiger charge is 2.33. The molecule has 0 saturated heterocycles. The zero-order chi connectivity index (χ0) is 25.3. The van der Waals surface area contributed by atoms with Crippen molar-refractivity contribution in [3.8, 4) is 0 Å². The lowest BCUT2D eigenvalue weighted by Gasteiger charge is -2.18. The van der Waals surface area contributed by atoms with Crippen LogP contribution in [0.2, 0.25) is 15.1 Å². The minimum Gasteiger partial charge on any atom is -0.478 e. The summed E-state index contributed by atoms with van der Waals surface area (Å²) in [7, 11) is 0. The van der Waals surface area contributed by atoms with Gasteiger partial charge in [-0.15, -0.1) is 0 Å². The third-order valence-corrected chi connectivity index (χ3v) is 9.82. The predicted molar refractivity (Wildman–Crippen MR) is 153 cm³/mol. The van der Waals surface area contributed by atoms with Gasteiger partial charge in [-0.3, -0.25) is 0 Å². The largest absolute Gasteiger partial charge is 0.478 e. The monoisotopic (exact) mass is 943 g/mol. The molecule has 0 aliphatic heterocycles. The van der Waals surface area contributed by atoms with Crippen LogP contribution in [0.5, 0.6) is 0 Å². The van der Waals surface area contributed by atoms with Crippen LogP contribution in [0.1, 0.15) is 31.8 Å². The minimum atomic E-state index is -1.95. The van der Waals surface area contributed by atoms with Crippen molar-refractivity contribution in [2.24, 2.45) is 0 Å². The van der Waals surface area contributed by atoms with E-state index >= 15 is 0 Å². The van der Waals surface area contributed by atoms with Gasteiger partial charge in [0.05, 0.1) is 26.2 Å². The molecule has 176 valence electrons. The fraction of sp³-hybridized carbons (Fsp3) is 0.125. The van der Waals surface area contributed by atoms with Crippen molar-refractivity contribution in [2.75, 3.05) is 0 Å². The van der Waals surface area contributed by atoms with Crippen LogP contribution in [-0.4, -0.2) is 22.2 Å². The molecule has 2 N–H and O–H groups in total. The van der Waals surface area contributed by atoms with E-state index in [4.69, 9.17) is 74.7 Å². The summed E-state index contributed by atoms with van der Waals surface area (Å²) in [5.41, 5.74) is 0.197. The smallest absolute Gasteiger partial charge is 0.337 e. The maximum absolute atomic E-state index is 11.2. The van der Waals surface area contributed by atoms with Gasteiger partial charge in [0.25, 0.3) is 0 Å². The first-order valence-corrected chi connectivity index (χ1v) is 14.3. The molecule has 0 fully saturated rings. The Kier molecular flexibility index (Phi) is 12.5. The second-order valence-electron chi connectivity index (χ2n) is 5.42. The lowest BCUT2D eigenvalue weighted by Crippen LogP contribution is -2.11. The van der Waals surface area contributed by atoms with E-state index in [0.717, 1.165) is 10.5 Å². The second kappa shape index (κ2) is 12.5. The number of carboxylic acids is 2. The number of carboxylic acid groups (broad SMARTS) is 2. The van der Waals surface area contributed by atoms with E-state index in [1.807, 2.05) is 0 Å². The molecule has 0 heterocycles. The highest BCUT2D eigenvalue weighted by atomic mass is 80.0. The molecular formula is C16H4Br6Cl6O4. The van der Waals surface area contributed by atoms with Crippen molar-refractivity contribution in [1.82, 2.24) is 0 Å². The Morgan fingerprint density at radius 3 is 1.59 bits per heavy atom. The highest BCUT2D eigenvalue weighted by Crippen LogP contribution is 2.50. The first-order chi connectivity index (χ1) is 14.3. The van der Waals surface area contributed by atoms with E-state index in [1.54, 1.807) is 6.07 Å². The van der Waals surface area contributed by atoms with E-state index in [2.05, 4.69) is 95.6 Å². The fourth-order valence-electron chi connectivity index (χ4n) is 2.06. The Bertz CT molecular complexity index is 999. The van der Waals surface area contributed by atoms with Crippen molar-refractivity contribution in [3.05, 3.63) is 62.9 Å². The second-order valence-corrected chi connectivity index (χ2v) is 18.1. The molecule has 0 saturated carbocycles. The third kappa shape index (κ3) is 8.00. The van der Waals surface area contributed by atoms with Gasteiger partial charge in [-0.25, -0.2) is 9.59 Å². The lowest BCUT2D eigenvalue weighted by molar-refractivity contribution is 0.0684. The molecule has 0 radical (unpaired) electrons. The first-order valence-electron chi connectivity index (χ1n) is 7.28. The van der Waals surface area contributed by atoms with Crippen LogP contribution in [0.4, 0.5) is 0 Å². The molecule has 32 heavy (non-hydrogen) atoms. The summed E-state index contributed by atoms with van der Waals surface area (Å²) < 4.78 is -0.850. The van der Waals surface area contributed by atoms with Crippen LogP contribution in [0.3, 0.4) is 0 Å². The molecule has 0 aliphatic rings. The Hall–Kier alpha value is 2.00. The maximum atomic E-state index is 11.2. The molecule has 0 unspecified atom stereocenters. The molecule has 2 aromatic carbocycles. The molecule has 0 spiro atoms. The fourth-order valence-corrected chi connectivity index (χ4v) is 5.73. The normalized spacial score (nSPS) is 11.6. The molecule has 0 aromatic heterocycles. The van der Waals surface area contributed by atoms with Crippen molar-refractivity contribution < 1.29 is 19.8 Å².